The minimum absolute atomic E-state index is 0.500. The molecule has 11 heteroatoms. The molecule has 0 N–H and O–H groups in total. The van der Waals surface area contributed by atoms with Crippen LogP contribution in [0.1, 0.15) is 0 Å². The molecule has 0 saturated heterocycles. The quantitative estimate of drug-likeness (QED) is 0.694. The molecule has 0 radical (unpaired) electrons. The van der Waals surface area contributed by atoms with Crippen LogP contribution < -0.4 is 0 Å². The van der Waals surface area contributed by atoms with Crippen LogP contribution in [0.4, 0.5) is 39.5 Å². The van der Waals surface area contributed by atoms with Gasteiger partial charge in [0.2, 0.25) is 0 Å². The maximum Gasteiger partial charge on any atom is 0.453 e. The lowest BCUT2D eigenvalue weighted by atomic mass is 10.5. The second-order valence-corrected chi connectivity index (χ2v) is 2.31. The topological polar surface area (TPSA) is 18.5 Å². The highest BCUT2D eigenvalue weighted by atomic mass is 19.3. The molecule has 0 bridgehead atoms. The van der Waals surface area contributed by atoms with E-state index in [1.807, 2.05) is 6.58 Å². The van der Waals surface area contributed by atoms with Crippen molar-refractivity contribution in [2.24, 2.45) is 0 Å². The van der Waals surface area contributed by atoms with Gasteiger partial charge in [0.1, 0.15) is 0 Å². The fraction of sp³-hybridized carbons (Fsp3) is 0.714. The lowest BCUT2D eigenvalue weighted by molar-refractivity contribution is -0.479. The van der Waals surface area contributed by atoms with Gasteiger partial charge in [0, 0.05) is 0 Å². The highest BCUT2D eigenvalue weighted by molar-refractivity contribution is 4.92. The molecule has 0 aliphatic carbocycles. The Morgan fingerprint density at radius 3 is 1.67 bits per heavy atom. The molecule has 0 fully saturated rings. The van der Waals surface area contributed by atoms with Crippen molar-refractivity contribution in [2.75, 3.05) is 14.0 Å². The van der Waals surface area contributed by atoms with E-state index in [0.717, 1.165) is 0 Å². The van der Waals surface area contributed by atoms with E-state index in [1.165, 1.54) is 0 Å². The molecule has 0 rings (SSSR count). The normalized spacial score (nSPS) is 12.8. The van der Waals surface area contributed by atoms with Gasteiger partial charge in [-0.3, -0.25) is 9.13 Å². The third-order valence-electron chi connectivity index (χ3n) is 1.15. The summed E-state index contributed by atoms with van der Waals surface area (Å²) in [6.07, 6.45) is -17.0. The molecule has 0 aliphatic heterocycles. The predicted molar refractivity (Wildman–Crippen MR) is 40.3 cm³/mol. The lowest BCUT2D eigenvalue weighted by Gasteiger charge is -2.27. The van der Waals surface area contributed by atoms with Crippen molar-refractivity contribution in [2.45, 2.75) is 18.3 Å². The van der Waals surface area contributed by atoms with Crippen LogP contribution in [0.3, 0.4) is 0 Å². The van der Waals surface area contributed by atoms with Gasteiger partial charge in [-0.2, -0.15) is 26.3 Å². The first kappa shape index (κ1) is 19.4. The molecule has 0 aromatic rings. The Labute approximate surface area is 95.0 Å². The summed E-state index contributed by atoms with van der Waals surface area (Å²) in [7, 11) is 0.500. The number of hydrogen-bond donors (Lipinski definition) is 0. The Balaban J connectivity index is 0. The molecule has 0 aromatic heterocycles. The summed E-state index contributed by atoms with van der Waals surface area (Å²) >= 11 is 0. The molecule has 18 heavy (non-hydrogen) atoms. The molecule has 2 nitrogen and oxygen atoms in total. The first-order valence-electron chi connectivity index (χ1n) is 3.72. The van der Waals surface area contributed by atoms with Gasteiger partial charge in [-0.15, -0.1) is 0 Å². The van der Waals surface area contributed by atoms with Crippen LogP contribution in [0, 0.1) is 0 Å². The Hall–Kier alpha value is -0.970. The van der Waals surface area contributed by atoms with Gasteiger partial charge < -0.3 is 0 Å². The van der Waals surface area contributed by atoms with Gasteiger partial charge in [-0.1, -0.05) is 6.58 Å². The molecular weight excluding hydrogens is 287 g/mol. The molecule has 0 unspecified atom stereocenters. The Kier molecular flexibility index (Phi) is 7.35. The first-order chi connectivity index (χ1) is 7.96. The van der Waals surface area contributed by atoms with Crippen LogP contribution in [0.25, 0.3) is 0 Å². The average molecular weight is 294 g/mol. The van der Waals surface area contributed by atoms with Crippen LogP contribution in [-0.2, 0) is 9.47 Å². The predicted octanol–water partition coefficient (Wildman–Crippen LogP) is 3.79. The van der Waals surface area contributed by atoms with Crippen LogP contribution in [0.5, 0.6) is 0 Å². The molecule has 0 aromatic carbocycles. The molecule has 0 aliphatic rings. The molecule has 110 valence electrons. The fourth-order valence-electron chi connectivity index (χ4n) is 0.428. The van der Waals surface area contributed by atoms with Gasteiger partial charge in [0.15, 0.2) is 12.7 Å². The molecule has 0 heterocycles. The average Bonchev–Trinajstić information content (AvgIpc) is 2.18. The molecule has 0 saturated carbocycles. The second kappa shape index (κ2) is 6.83. The van der Waals surface area contributed by atoms with E-state index in [-0.39, 0.29) is 0 Å². The van der Waals surface area contributed by atoms with E-state index in [4.69, 9.17) is 0 Å². The maximum atomic E-state index is 12.3. The van der Waals surface area contributed by atoms with Crippen LogP contribution in [-0.4, -0.2) is 32.4 Å². The van der Waals surface area contributed by atoms with Crippen molar-refractivity contribution >= 4 is 0 Å². The lowest BCUT2D eigenvalue weighted by Crippen LogP contribution is -2.48. The van der Waals surface area contributed by atoms with E-state index < -0.39 is 31.0 Å². The SMILES string of the molecule is C=C(F)C(F)(F)OC(F)(F)C(F)(F)OCF.CF. The first-order valence-corrected chi connectivity index (χ1v) is 3.72. The fourth-order valence-corrected chi connectivity index (χ4v) is 0.428. The Morgan fingerprint density at radius 1 is 1.00 bits per heavy atom. The minimum atomic E-state index is -5.93. The Morgan fingerprint density at radius 2 is 1.39 bits per heavy atom. The van der Waals surface area contributed by atoms with Gasteiger partial charge in [-0.25, -0.2) is 13.5 Å². The number of alkyl halides is 8. The molecular formula is C7H7F9O2. The summed E-state index contributed by atoms with van der Waals surface area (Å²) in [6.45, 7) is -0.477. The van der Waals surface area contributed by atoms with Crippen molar-refractivity contribution in [3.8, 4) is 0 Å². The highest BCUT2D eigenvalue weighted by Gasteiger charge is 2.65. The van der Waals surface area contributed by atoms with Crippen molar-refractivity contribution in [1.82, 2.24) is 0 Å². The van der Waals surface area contributed by atoms with Crippen LogP contribution in [0.2, 0.25) is 0 Å². The van der Waals surface area contributed by atoms with Crippen molar-refractivity contribution < 1.29 is 49.0 Å². The van der Waals surface area contributed by atoms with E-state index in [0.29, 0.717) is 7.18 Å². The summed E-state index contributed by atoms with van der Waals surface area (Å²) < 4.78 is 111. The van der Waals surface area contributed by atoms with Gasteiger partial charge in [0.25, 0.3) is 0 Å². The zero-order valence-electron chi connectivity index (χ0n) is 8.63. The van der Waals surface area contributed by atoms with Crippen LogP contribution in [0.15, 0.2) is 12.4 Å². The number of rotatable bonds is 6. The number of hydrogen-bond acceptors (Lipinski definition) is 2. The molecule has 0 atom stereocenters. The van der Waals surface area contributed by atoms with E-state index >= 15 is 0 Å². The third-order valence-corrected chi connectivity index (χ3v) is 1.15. The summed E-state index contributed by atoms with van der Waals surface area (Å²) in [5.74, 6) is -2.72. The van der Waals surface area contributed by atoms with E-state index in [9.17, 15) is 39.5 Å². The highest BCUT2D eigenvalue weighted by Crippen LogP contribution is 2.42. The van der Waals surface area contributed by atoms with Crippen LogP contribution >= 0.6 is 0 Å². The van der Waals surface area contributed by atoms with Crippen molar-refractivity contribution in [3.63, 3.8) is 0 Å². The number of halogens is 9. The van der Waals surface area contributed by atoms with Gasteiger partial charge in [0.05, 0.1) is 7.18 Å². The minimum Gasteiger partial charge on any atom is -0.281 e. The summed E-state index contributed by atoms with van der Waals surface area (Å²) in [5, 5.41) is 0. The summed E-state index contributed by atoms with van der Waals surface area (Å²) in [5.41, 5.74) is 0. The van der Waals surface area contributed by atoms with Crippen molar-refractivity contribution in [3.05, 3.63) is 12.4 Å². The monoisotopic (exact) mass is 294 g/mol. The molecule has 0 spiro atoms. The maximum absolute atomic E-state index is 12.3. The summed E-state index contributed by atoms with van der Waals surface area (Å²) in [4.78, 5) is 0. The van der Waals surface area contributed by atoms with E-state index in [2.05, 4.69) is 9.47 Å². The largest absolute Gasteiger partial charge is 0.453 e. The van der Waals surface area contributed by atoms with Gasteiger partial charge >= 0.3 is 18.3 Å². The van der Waals surface area contributed by atoms with Gasteiger partial charge in [-0.05, 0) is 0 Å². The van der Waals surface area contributed by atoms with Crippen molar-refractivity contribution in [1.29, 1.82) is 0 Å². The standard InChI is InChI=1S/C6H4F8O2.CH3F/c1-3(8)4(9,10)16-6(13,14)5(11,12)15-2-7;1-2/h1-2H2;1H3. The summed E-state index contributed by atoms with van der Waals surface area (Å²) in [6, 6.07) is 0. The molecule has 0 amide bonds. The van der Waals surface area contributed by atoms with E-state index in [1.54, 1.807) is 0 Å². The second-order valence-electron chi connectivity index (χ2n) is 2.31. The zero-order chi connectivity index (χ0) is 15.2. The number of ether oxygens (including phenoxy) is 2. The zero-order valence-corrected chi connectivity index (χ0v) is 8.63. The Bertz CT molecular complexity index is 266. The smallest absolute Gasteiger partial charge is 0.281 e. The third kappa shape index (κ3) is 5.12.